The van der Waals surface area contributed by atoms with Gasteiger partial charge in [-0.2, -0.15) is 0 Å². The van der Waals surface area contributed by atoms with E-state index in [1.54, 1.807) is 0 Å². The number of hydrogen-bond donors (Lipinski definition) is 3. The van der Waals surface area contributed by atoms with Crippen LogP contribution < -0.4 is 10.6 Å². The van der Waals surface area contributed by atoms with Gasteiger partial charge in [0, 0.05) is 55.8 Å². The van der Waals surface area contributed by atoms with Gasteiger partial charge in [-0.1, -0.05) is 12.8 Å². The van der Waals surface area contributed by atoms with E-state index in [0.29, 0.717) is 31.6 Å². The summed E-state index contributed by atoms with van der Waals surface area (Å²) < 4.78 is 14.4. The third-order valence-electron chi connectivity index (χ3n) is 7.67. The number of nitrogens with zero attached hydrogens (tertiary/aromatic N) is 2. The number of benzene rings is 1. The van der Waals surface area contributed by atoms with Crippen molar-refractivity contribution < 1.29 is 23.9 Å². The monoisotopic (exact) mass is 474 g/mol. The van der Waals surface area contributed by atoms with E-state index in [9.17, 15) is 18.8 Å². The number of anilines is 1. The lowest BCUT2D eigenvalue weighted by molar-refractivity contribution is -0.140. The van der Waals surface area contributed by atoms with E-state index >= 15 is 0 Å². The Morgan fingerprint density at radius 1 is 1.12 bits per heavy atom. The van der Waals surface area contributed by atoms with E-state index in [-0.39, 0.29) is 35.7 Å². The van der Waals surface area contributed by atoms with Crippen LogP contribution in [0.4, 0.5) is 14.9 Å². The summed E-state index contributed by atoms with van der Waals surface area (Å²) in [6, 6.07) is 2.75. The molecular weight excluding hydrogens is 439 g/mol. The van der Waals surface area contributed by atoms with Gasteiger partial charge in [0.2, 0.25) is 11.8 Å². The molecule has 4 rings (SSSR count). The molecule has 3 aliphatic rings. The molecule has 1 atom stereocenters. The second-order valence-electron chi connectivity index (χ2n) is 10.1. The first-order valence-electron chi connectivity index (χ1n) is 12.3. The second-order valence-corrected chi connectivity index (χ2v) is 10.1. The molecular formula is C25H35FN4O4. The summed E-state index contributed by atoms with van der Waals surface area (Å²) in [5.41, 5.74) is 2.10. The van der Waals surface area contributed by atoms with E-state index in [2.05, 4.69) is 22.5 Å². The lowest BCUT2D eigenvalue weighted by atomic mass is 9.79. The van der Waals surface area contributed by atoms with Gasteiger partial charge in [0.25, 0.3) is 0 Å². The van der Waals surface area contributed by atoms with Crippen LogP contribution >= 0.6 is 0 Å². The molecule has 0 bridgehead atoms. The largest absolute Gasteiger partial charge is 0.465 e. The van der Waals surface area contributed by atoms with Gasteiger partial charge in [0.1, 0.15) is 5.82 Å². The van der Waals surface area contributed by atoms with Gasteiger partial charge >= 0.3 is 6.09 Å². The first kappa shape index (κ1) is 24.4. The van der Waals surface area contributed by atoms with Crippen LogP contribution in [-0.2, 0) is 16.1 Å². The molecule has 3 fully saturated rings. The molecule has 0 aromatic heterocycles. The summed E-state index contributed by atoms with van der Waals surface area (Å²) in [4.78, 5) is 40.4. The number of amides is 3. The quantitative estimate of drug-likeness (QED) is 0.587. The fraction of sp³-hybridized carbons (Fsp3) is 0.640. The maximum atomic E-state index is 14.4. The van der Waals surface area contributed by atoms with Crippen LogP contribution in [0.5, 0.6) is 0 Å². The van der Waals surface area contributed by atoms with Crippen LogP contribution in [0.3, 0.4) is 0 Å². The highest BCUT2D eigenvalue weighted by Crippen LogP contribution is 2.31. The van der Waals surface area contributed by atoms with Gasteiger partial charge in [-0.25, -0.2) is 9.18 Å². The Bertz CT molecular complexity index is 943. The predicted molar refractivity (Wildman–Crippen MR) is 126 cm³/mol. The Morgan fingerprint density at radius 2 is 1.82 bits per heavy atom. The minimum Gasteiger partial charge on any atom is -0.465 e. The first-order valence-corrected chi connectivity index (χ1v) is 12.3. The first-order chi connectivity index (χ1) is 16.2. The number of piperazine rings is 1. The average Bonchev–Trinajstić information content (AvgIpc) is 3.28. The number of carboxylic acid groups (broad SMARTS) is 1. The van der Waals surface area contributed by atoms with Crippen molar-refractivity contribution in [3.8, 4) is 0 Å². The minimum absolute atomic E-state index is 0.112. The van der Waals surface area contributed by atoms with Crippen molar-refractivity contribution in [2.24, 2.45) is 11.8 Å². The lowest BCUT2D eigenvalue weighted by Crippen LogP contribution is -2.54. The summed E-state index contributed by atoms with van der Waals surface area (Å²) in [5.74, 6) is -0.437. The molecule has 1 heterocycles. The highest BCUT2D eigenvalue weighted by atomic mass is 19.1. The maximum Gasteiger partial charge on any atom is 0.404 e. The summed E-state index contributed by atoms with van der Waals surface area (Å²) >= 11 is 0. The lowest BCUT2D eigenvalue weighted by Gasteiger charge is -2.41. The van der Waals surface area contributed by atoms with Crippen molar-refractivity contribution in [3.05, 3.63) is 29.1 Å². The summed E-state index contributed by atoms with van der Waals surface area (Å²) in [6.07, 6.45) is 4.09. The Morgan fingerprint density at radius 3 is 2.47 bits per heavy atom. The predicted octanol–water partition coefficient (Wildman–Crippen LogP) is 3.34. The van der Waals surface area contributed by atoms with Crippen LogP contribution in [0.15, 0.2) is 12.1 Å². The molecule has 1 aromatic carbocycles. The summed E-state index contributed by atoms with van der Waals surface area (Å²) in [6.45, 7) is 6.66. The zero-order valence-electron chi connectivity index (χ0n) is 20.0. The Hall–Kier alpha value is -2.68. The van der Waals surface area contributed by atoms with Gasteiger partial charge in [0.05, 0.1) is 0 Å². The number of nitrogens with one attached hydrogen (secondary N) is 2. The number of carbonyl (C=O) groups excluding carboxylic acids is 2. The molecule has 9 heteroatoms. The minimum atomic E-state index is -1.09. The van der Waals surface area contributed by atoms with Crippen molar-refractivity contribution >= 4 is 23.6 Å². The Labute approximate surface area is 199 Å². The third-order valence-corrected chi connectivity index (χ3v) is 7.67. The molecule has 8 nitrogen and oxygen atoms in total. The highest BCUT2D eigenvalue weighted by molar-refractivity contribution is 5.94. The van der Waals surface area contributed by atoms with Gasteiger partial charge in [0.15, 0.2) is 0 Å². The molecule has 1 aliphatic heterocycles. The smallest absolute Gasteiger partial charge is 0.404 e. The number of hydrogen-bond acceptors (Lipinski definition) is 4. The molecule has 1 saturated heterocycles. The molecule has 1 unspecified atom stereocenters. The molecule has 186 valence electrons. The maximum absolute atomic E-state index is 14.4. The molecule has 1 aromatic rings. The van der Waals surface area contributed by atoms with E-state index in [4.69, 9.17) is 5.11 Å². The fourth-order valence-electron chi connectivity index (χ4n) is 5.54. The fourth-order valence-corrected chi connectivity index (χ4v) is 5.54. The van der Waals surface area contributed by atoms with Gasteiger partial charge in [-0.3, -0.25) is 14.5 Å². The van der Waals surface area contributed by atoms with Gasteiger partial charge in [-0.15, -0.1) is 0 Å². The highest BCUT2D eigenvalue weighted by Gasteiger charge is 2.36. The standard InChI is InChI=1S/C25H35FN4O4/c1-15-13-29(7-8-30(15)24(32)17-5-3-4-6-17)14-19-9-20(26)12-22(16(19)2)28-23(31)18-10-21(11-18)27-25(33)34/h9,12,15,17-18,21,27H,3-8,10-11,13-14H2,1-2H3,(H,28,31)(H,33,34). The topological polar surface area (TPSA) is 102 Å². The Kier molecular flexibility index (Phi) is 7.40. The second kappa shape index (κ2) is 10.3. The molecule has 0 spiro atoms. The molecule has 2 saturated carbocycles. The third kappa shape index (κ3) is 5.51. The van der Waals surface area contributed by atoms with Crippen LogP contribution in [0, 0.1) is 24.6 Å². The Balaban J connectivity index is 1.34. The summed E-state index contributed by atoms with van der Waals surface area (Å²) in [5, 5.41) is 14.0. The van der Waals surface area contributed by atoms with Crippen molar-refractivity contribution in [2.75, 3.05) is 25.0 Å². The molecule has 3 amide bonds. The van der Waals surface area contributed by atoms with Crippen LogP contribution in [0.2, 0.25) is 0 Å². The number of halogens is 1. The SMILES string of the molecule is Cc1c(CN2CCN(C(=O)C3CCCC3)C(C)C2)cc(F)cc1NC(=O)C1CC(NC(=O)O)C1. The van der Waals surface area contributed by atoms with Crippen LogP contribution in [-0.4, -0.2) is 64.5 Å². The zero-order chi connectivity index (χ0) is 24.4. The van der Waals surface area contributed by atoms with E-state index in [1.165, 1.54) is 12.1 Å². The van der Waals surface area contributed by atoms with Gasteiger partial charge < -0.3 is 20.6 Å². The average molecular weight is 475 g/mol. The molecule has 3 N–H and O–H groups in total. The molecule has 0 radical (unpaired) electrons. The number of carbonyl (C=O) groups is 3. The van der Waals surface area contributed by atoms with Crippen molar-refractivity contribution in [1.29, 1.82) is 0 Å². The van der Waals surface area contributed by atoms with Gasteiger partial charge in [-0.05, 0) is 62.8 Å². The van der Waals surface area contributed by atoms with E-state index in [0.717, 1.165) is 49.9 Å². The normalized spacial score (nSPS) is 25.6. The van der Waals surface area contributed by atoms with E-state index in [1.807, 2.05) is 11.8 Å². The van der Waals surface area contributed by atoms with Crippen molar-refractivity contribution in [1.82, 2.24) is 15.1 Å². The molecule has 34 heavy (non-hydrogen) atoms. The molecule has 2 aliphatic carbocycles. The van der Waals surface area contributed by atoms with Crippen molar-refractivity contribution in [3.63, 3.8) is 0 Å². The van der Waals surface area contributed by atoms with Crippen molar-refractivity contribution in [2.45, 2.75) is 71.0 Å². The summed E-state index contributed by atoms with van der Waals surface area (Å²) in [7, 11) is 0. The number of rotatable bonds is 6. The van der Waals surface area contributed by atoms with Crippen LogP contribution in [0.1, 0.15) is 56.6 Å². The van der Waals surface area contributed by atoms with Crippen LogP contribution in [0.25, 0.3) is 0 Å². The van der Waals surface area contributed by atoms with E-state index < -0.39 is 11.9 Å². The zero-order valence-corrected chi connectivity index (χ0v) is 20.0.